The van der Waals surface area contributed by atoms with Crippen LogP contribution in [0.5, 0.6) is 23.0 Å². The lowest BCUT2D eigenvalue weighted by atomic mass is 9.96. The molecule has 34 heavy (non-hydrogen) atoms. The number of fused-ring (bicyclic) bond motifs is 1. The lowest BCUT2D eigenvalue weighted by Gasteiger charge is -2.18. The van der Waals surface area contributed by atoms with Gasteiger partial charge in [-0.3, -0.25) is 0 Å². The van der Waals surface area contributed by atoms with E-state index in [1.165, 1.54) is 0 Å². The summed E-state index contributed by atoms with van der Waals surface area (Å²) >= 11 is 3.66. The zero-order valence-corrected chi connectivity index (χ0v) is 20.5. The zero-order chi connectivity index (χ0) is 24.2. The Morgan fingerprint density at radius 1 is 0.794 bits per heavy atom. The summed E-state index contributed by atoms with van der Waals surface area (Å²) < 4.78 is 22.6. The van der Waals surface area contributed by atoms with Crippen molar-refractivity contribution in [3.63, 3.8) is 0 Å². The number of carboxylic acid groups (broad SMARTS) is 1. The minimum absolute atomic E-state index is 0.444. The Morgan fingerprint density at radius 3 is 1.82 bits per heavy atom. The van der Waals surface area contributed by atoms with Crippen molar-refractivity contribution in [1.82, 2.24) is 0 Å². The van der Waals surface area contributed by atoms with Crippen molar-refractivity contribution in [2.75, 3.05) is 27.9 Å². The molecule has 0 spiro atoms. The van der Waals surface area contributed by atoms with Crippen LogP contribution in [-0.2, 0) is 4.79 Å². The van der Waals surface area contributed by atoms with E-state index in [0.29, 0.717) is 16.0 Å². The van der Waals surface area contributed by atoms with Crippen molar-refractivity contribution < 1.29 is 28.8 Å². The molecule has 174 valence electrons. The second-order valence-corrected chi connectivity index (χ2v) is 8.27. The molecule has 1 N–H and O–H groups in total. The minimum Gasteiger partial charge on any atom is -0.497 e. The first kappa shape index (κ1) is 23.4. The monoisotopic (exact) mass is 522 g/mol. The summed E-state index contributed by atoms with van der Waals surface area (Å²) in [4.78, 5) is 11.2. The van der Waals surface area contributed by atoms with Crippen molar-refractivity contribution >= 4 is 32.7 Å². The van der Waals surface area contributed by atoms with Crippen molar-refractivity contribution in [3.8, 4) is 45.3 Å². The molecule has 0 radical (unpaired) electrons. The highest BCUT2D eigenvalue weighted by atomic mass is 79.9. The smallest absolute Gasteiger partial charge is 0.341 e. The number of carbonyl (C=O) groups is 1. The van der Waals surface area contributed by atoms with Crippen molar-refractivity contribution in [1.29, 1.82) is 0 Å². The summed E-state index contributed by atoms with van der Waals surface area (Å²) in [7, 11) is 4.86. The van der Waals surface area contributed by atoms with Crippen LogP contribution >= 0.6 is 15.9 Å². The Hall–Kier alpha value is -3.71. The van der Waals surface area contributed by atoms with Gasteiger partial charge in [-0.05, 0) is 74.9 Å². The number of rotatable bonds is 8. The average molecular weight is 523 g/mol. The third-order valence-corrected chi connectivity index (χ3v) is 6.28. The van der Waals surface area contributed by atoms with Gasteiger partial charge in [0.1, 0.15) is 23.0 Å². The van der Waals surface area contributed by atoms with Gasteiger partial charge < -0.3 is 24.1 Å². The fourth-order valence-electron chi connectivity index (χ4n) is 3.79. The number of hydrogen-bond donors (Lipinski definition) is 1. The lowest BCUT2D eigenvalue weighted by molar-refractivity contribution is -0.139. The third kappa shape index (κ3) is 4.65. The maximum Gasteiger partial charge on any atom is 0.341 e. The number of methoxy groups -OCH3 is 3. The molecular formula is C27H23BrO6. The number of aliphatic carboxylic acids is 1. The summed E-state index contributed by atoms with van der Waals surface area (Å²) in [5, 5.41) is 11.0. The van der Waals surface area contributed by atoms with Gasteiger partial charge in [0.15, 0.2) is 6.61 Å². The van der Waals surface area contributed by atoms with E-state index in [-0.39, 0.29) is 0 Å². The zero-order valence-electron chi connectivity index (χ0n) is 18.9. The van der Waals surface area contributed by atoms with Gasteiger partial charge in [0.05, 0.1) is 25.8 Å². The molecule has 6 nitrogen and oxygen atoms in total. The fourth-order valence-corrected chi connectivity index (χ4v) is 4.46. The van der Waals surface area contributed by atoms with E-state index >= 15 is 0 Å². The van der Waals surface area contributed by atoms with Gasteiger partial charge in [-0.1, -0.05) is 24.3 Å². The maximum atomic E-state index is 11.2. The SMILES string of the molecule is COc1ccc(-c2cc3cc(-c4ccc(OC)cc4)c(OCC(=O)O)c(Br)c3cc2OC)cc1. The largest absolute Gasteiger partial charge is 0.497 e. The molecule has 0 aliphatic rings. The Labute approximate surface area is 205 Å². The number of halogens is 1. The van der Waals surface area contributed by atoms with E-state index in [1.807, 2.05) is 60.7 Å². The number of benzene rings is 4. The standard InChI is InChI=1S/C27H23BrO6/c1-31-19-8-4-16(5-9-19)21-12-18-13-23(17-6-10-20(32-2)11-7-17)27(34-15-25(29)30)26(28)22(18)14-24(21)33-3/h4-14H,15H2,1-3H3,(H,29,30). The molecule has 0 aliphatic heterocycles. The van der Waals surface area contributed by atoms with Crippen molar-refractivity contribution in [2.45, 2.75) is 0 Å². The van der Waals surface area contributed by atoms with Gasteiger partial charge in [-0.2, -0.15) is 0 Å². The van der Waals surface area contributed by atoms with Gasteiger partial charge in [-0.15, -0.1) is 0 Å². The summed E-state index contributed by atoms with van der Waals surface area (Å²) in [6, 6.07) is 21.3. The maximum absolute atomic E-state index is 11.2. The van der Waals surface area contributed by atoms with Gasteiger partial charge in [-0.25, -0.2) is 4.79 Å². The van der Waals surface area contributed by atoms with Crippen LogP contribution in [0.3, 0.4) is 0 Å². The van der Waals surface area contributed by atoms with Crippen LogP contribution in [0.2, 0.25) is 0 Å². The van der Waals surface area contributed by atoms with Crippen molar-refractivity contribution in [3.05, 3.63) is 71.2 Å². The molecule has 0 atom stereocenters. The normalized spacial score (nSPS) is 10.7. The van der Waals surface area contributed by atoms with Crippen molar-refractivity contribution in [2.24, 2.45) is 0 Å². The molecule has 4 aromatic carbocycles. The van der Waals surface area contributed by atoms with Gasteiger partial charge in [0.2, 0.25) is 0 Å². The van der Waals surface area contributed by atoms with Gasteiger partial charge in [0.25, 0.3) is 0 Å². The molecule has 0 aromatic heterocycles. The first-order chi connectivity index (χ1) is 16.4. The summed E-state index contributed by atoms with van der Waals surface area (Å²) in [5.74, 6) is 1.57. The Kier molecular flexibility index (Phi) is 6.93. The Morgan fingerprint density at radius 2 is 1.32 bits per heavy atom. The van der Waals surface area contributed by atoms with E-state index in [1.54, 1.807) is 21.3 Å². The van der Waals surface area contributed by atoms with Gasteiger partial charge >= 0.3 is 5.97 Å². The number of hydrogen-bond acceptors (Lipinski definition) is 5. The van der Waals surface area contributed by atoms with E-state index in [0.717, 1.165) is 44.5 Å². The molecule has 0 fully saturated rings. The van der Waals surface area contributed by atoms with Crippen LogP contribution in [0.1, 0.15) is 0 Å². The van der Waals surface area contributed by atoms with Crippen LogP contribution in [0.15, 0.2) is 71.2 Å². The molecule has 0 bridgehead atoms. The summed E-state index contributed by atoms with van der Waals surface area (Å²) in [6.07, 6.45) is 0. The van der Waals surface area contributed by atoms with E-state index in [9.17, 15) is 9.90 Å². The second kappa shape index (κ2) is 10.1. The molecule has 0 saturated carbocycles. The molecule has 0 aliphatic carbocycles. The van der Waals surface area contributed by atoms with Crippen LogP contribution in [0.4, 0.5) is 0 Å². The molecule has 0 saturated heterocycles. The fraction of sp³-hybridized carbons (Fsp3) is 0.148. The second-order valence-electron chi connectivity index (χ2n) is 7.48. The molecule has 4 rings (SSSR count). The Bertz CT molecular complexity index is 1330. The van der Waals surface area contributed by atoms with E-state index in [2.05, 4.69) is 22.0 Å². The Balaban J connectivity index is 1.94. The summed E-state index contributed by atoms with van der Waals surface area (Å²) in [5.41, 5.74) is 3.53. The summed E-state index contributed by atoms with van der Waals surface area (Å²) in [6.45, 7) is -0.464. The van der Waals surface area contributed by atoms with E-state index in [4.69, 9.17) is 18.9 Å². The molecule has 7 heteroatoms. The van der Waals surface area contributed by atoms with Crippen LogP contribution in [0.25, 0.3) is 33.0 Å². The predicted molar refractivity (Wildman–Crippen MR) is 135 cm³/mol. The van der Waals surface area contributed by atoms with Crippen LogP contribution in [-0.4, -0.2) is 39.0 Å². The third-order valence-electron chi connectivity index (χ3n) is 5.49. The first-order valence-electron chi connectivity index (χ1n) is 10.4. The first-order valence-corrected chi connectivity index (χ1v) is 11.2. The predicted octanol–water partition coefficient (Wildman–Crippen LogP) is 6.43. The molecule has 0 amide bonds. The van der Waals surface area contributed by atoms with E-state index < -0.39 is 12.6 Å². The lowest BCUT2D eigenvalue weighted by Crippen LogP contribution is -2.10. The molecular weight excluding hydrogens is 500 g/mol. The quantitative estimate of drug-likeness (QED) is 0.287. The van der Waals surface area contributed by atoms with Gasteiger partial charge in [0, 0.05) is 16.5 Å². The topological polar surface area (TPSA) is 74.2 Å². The minimum atomic E-state index is -1.06. The number of carboxylic acids is 1. The highest BCUT2D eigenvalue weighted by molar-refractivity contribution is 9.10. The van der Waals surface area contributed by atoms with Crippen LogP contribution < -0.4 is 18.9 Å². The molecule has 0 heterocycles. The molecule has 4 aromatic rings. The average Bonchev–Trinajstić information content (AvgIpc) is 2.87. The highest BCUT2D eigenvalue weighted by Crippen LogP contribution is 2.45. The molecule has 0 unspecified atom stereocenters. The highest BCUT2D eigenvalue weighted by Gasteiger charge is 2.19. The van der Waals surface area contributed by atoms with Crippen LogP contribution in [0, 0.1) is 0 Å². The number of ether oxygens (including phenoxy) is 4.